The summed E-state index contributed by atoms with van der Waals surface area (Å²) >= 11 is 0. The van der Waals surface area contributed by atoms with Gasteiger partial charge >= 0.3 is 0 Å². The number of carbonyl (C=O) groups excluding carboxylic acids is 1. The van der Waals surface area contributed by atoms with Crippen molar-refractivity contribution in [1.29, 1.82) is 0 Å². The molecule has 0 bridgehead atoms. The molecule has 0 radical (unpaired) electrons. The Balaban J connectivity index is 2.25. The number of benzene rings is 1. The zero-order valence-corrected chi connectivity index (χ0v) is 17.0. The van der Waals surface area contributed by atoms with Crippen molar-refractivity contribution in [1.82, 2.24) is 20.6 Å². The van der Waals surface area contributed by atoms with Crippen molar-refractivity contribution in [2.75, 3.05) is 6.54 Å². The van der Waals surface area contributed by atoms with E-state index in [2.05, 4.69) is 20.6 Å². The highest BCUT2D eigenvalue weighted by molar-refractivity contribution is 6.01. The Bertz CT molecular complexity index is 1040. The van der Waals surface area contributed by atoms with Crippen molar-refractivity contribution >= 4 is 5.91 Å². The first-order valence-corrected chi connectivity index (χ1v) is 9.42. The van der Waals surface area contributed by atoms with Gasteiger partial charge in [-0.15, -0.1) is 0 Å². The molecule has 0 saturated heterocycles. The minimum atomic E-state index is -0.462. The molecule has 1 amide bonds. The maximum atomic E-state index is 12.5. The molecule has 0 fully saturated rings. The predicted molar refractivity (Wildman–Crippen MR) is 105 cm³/mol. The summed E-state index contributed by atoms with van der Waals surface area (Å²) < 4.78 is 10.7. The van der Waals surface area contributed by atoms with Gasteiger partial charge in [-0.2, -0.15) is 4.98 Å². The van der Waals surface area contributed by atoms with Crippen LogP contribution in [0.4, 0.5) is 0 Å². The fraction of sp³-hybridized carbons (Fsp3) is 0.400. The van der Waals surface area contributed by atoms with Gasteiger partial charge in [-0.25, -0.2) is 0 Å². The number of hydrogen-bond acceptors (Lipinski definition) is 8. The first-order chi connectivity index (χ1) is 13.7. The Labute approximate surface area is 167 Å². The number of nitrogens with zero attached hydrogens (tertiary/aromatic N) is 3. The van der Waals surface area contributed by atoms with E-state index in [9.17, 15) is 15.0 Å². The van der Waals surface area contributed by atoms with Crippen molar-refractivity contribution in [2.45, 2.75) is 46.5 Å². The number of aromatic nitrogens is 3. The van der Waals surface area contributed by atoms with Crippen LogP contribution >= 0.6 is 0 Å². The van der Waals surface area contributed by atoms with E-state index in [0.717, 1.165) is 0 Å². The number of aromatic hydroxyl groups is 2. The lowest BCUT2D eigenvalue weighted by atomic mass is 9.96. The molecule has 0 aliphatic carbocycles. The van der Waals surface area contributed by atoms with Crippen molar-refractivity contribution in [3.05, 3.63) is 29.3 Å². The maximum absolute atomic E-state index is 12.5. The predicted octanol–water partition coefficient (Wildman–Crippen LogP) is 3.80. The van der Waals surface area contributed by atoms with E-state index in [1.807, 2.05) is 27.7 Å². The van der Waals surface area contributed by atoms with Crippen LogP contribution in [0.1, 0.15) is 68.4 Å². The summed E-state index contributed by atoms with van der Waals surface area (Å²) in [5, 5.41) is 31.1. The van der Waals surface area contributed by atoms with E-state index in [1.165, 1.54) is 6.07 Å². The van der Waals surface area contributed by atoms with Crippen LogP contribution in [0.3, 0.4) is 0 Å². The highest BCUT2D eigenvalue weighted by atomic mass is 16.5. The Kier molecular flexibility index (Phi) is 5.58. The largest absolute Gasteiger partial charge is 0.508 e. The van der Waals surface area contributed by atoms with Crippen LogP contribution in [0.25, 0.3) is 22.7 Å². The van der Waals surface area contributed by atoms with Gasteiger partial charge in [-0.1, -0.05) is 38.0 Å². The smallest absolute Gasteiger partial charge is 0.274 e. The molecule has 3 rings (SSSR count). The van der Waals surface area contributed by atoms with Gasteiger partial charge in [0.25, 0.3) is 5.91 Å². The standard InChI is InChI=1S/C20H24N4O5/c1-6-21-19(27)16-15(18-22-20(10(4)5)29-24-18)17(28-23-16)12-7-11(9(2)3)13(25)8-14(12)26/h7-10,25-26H,6H2,1-5H3,(H,21,27). The van der Waals surface area contributed by atoms with Crippen LogP contribution in [0.5, 0.6) is 11.5 Å². The number of amides is 1. The van der Waals surface area contributed by atoms with Crippen LogP contribution in [-0.4, -0.2) is 38.0 Å². The number of hydrogen-bond donors (Lipinski definition) is 3. The van der Waals surface area contributed by atoms with E-state index in [1.54, 1.807) is 13.0 Å². The SMILES string of the molecule is CCNC(=O)c1noc(-c2cc(C(C)C)c(O)cc2O)c1-c1noc(C(C)C)n1. The summed E-state index contributed by atoms with van der Waals surface area (Å²) in [6, 6.07) is 2.84. The fourth-order valence-electron chi connectivity index (χ4n) is 2.89. The molecule has 29 heavy (non-hydrogen) atoms. The highest BCUT2D eigenvalue weighted by Gasteiger charge is 2.30. The fourth-order valence-corrected chi connectivity index (χ4v) is 2.89. The van der Waals surface area contributed by atoms with Gasteiger partial charge < -0.3 is 24.6 Å². The van der Waals surface area contributed by atoms with Gasteiger partial charge in [0, 0.05) is 18.5 Å². The minimum absolute atomic E-state index is 0.0119. The zero-order chi connectivity index (χ0) is 21.3. The van der Waals surface area contributed by atoms with E-state index < -0.39 is 5.91 Å². The molecule has 0 saturated carbocycles. The summed E-state index contributed by atoms with van der Waals surface area (Å²) in [5.41, 5.74) is 1.06. The first-order valence-electron chi connectivity index (χ1n) is 9.42. The summed E-state index contributed by atoms with van der Waals surface area (Å²) in [5.74, 6) is -0.107. The molecule has 0 unspecified atom stereocenters. The van der Waals surface area contributed by atoms with Crippen molar-refractivity contribution in [3.8, 4) is 34.2 Å². The van der Waals surface area contributed by atoms with Crippen molar-refractivity contribution < 1.29 is 24.1 Å². The average Bonchev–Trinajstić information content (AvgIpc) is 3.28. The van der Waals surface area contributed by atoms with Crippen LogP contribution in [0.15, 0.2) is 21.2 Å². The van der Waals surface area contributed by atoms with Crippen LogP contribution in [0, 0.1) is 0 Å². The van der Waals surface area contributed by atoms with Crippen LogP contribution in [-0.2, 0) is 0 Å². The highest BCUT2D eigenvalue weighted by Crippen LogP contribution is 2.42. The normalized spacial score (nSPS) is 11.4. The molecule has 154 valence electrons. The average molecular weight is 400 g/mol. The molecular formula is C20H24N4O5. The lowest BCUT2D eigenvalue weighted by molar-refractivity contribution is 0.0947. The zero-order valence-electron chi connectivity index (χ0n) is 17.0. The van der Waals surface area contributed by atoms with E-state index in [-0.39, 0.29) is 51.7 Å². The second-order valence-corrected chi connectivity index (χ2v) is 7.29. The minimum Gasteiger partial charge on any atom is -0.508 e. The molecule has 3 aromatic rings. The van der Waals surface area contributed by atoms with E-state index in [4.69, 9.17) is 9.05 Å². The molecule has 0 aliphatic rings. The Morgan fingerprint density at radius 2 is 1.79 bits per heavy atom. The first kappa shape index (κ1) is 20.4. The molecule has 0 aliphatic heterocycles. The third kappa shape index (κ3) is 3.80. The third-order valence-corrected chi connectivity index (χ3v) is 4.42. The Morgan fingerprint density at radius 1 is 1.07 bits per heavy atom. The van der Waals surface area contributed by atoms with Gasteiger partial charge in [0.1, 0.15) is 17.1 Å². The Hall–Kier alpha value is -3.36. The topological polar surface area (TPSA) is 135 Å². The molecular weight excluding hydrogens is 376 g/mol. The number of rotatable bonds is 6. The van der Waals surface area contributed by atoms with Crippen LogP contribution < -0.4 is 5.32 Å². The maximum Gasteiger partial charge on any atom is 0.274 e. The Morgan fingerprint density at radius 3 is 2.38 bits per heavy atom. The molecule has 9 nitrogen and oxygen atoms in total. The molecule has 2 aromatic heterocycles. The molecule has 0 atom stereocenters. The van der Waals surface area contributed by atoms with E-state index >= 15 is 0 Å². The number of nitrogens with one attached hydrogen (secondary N) is 1. The molecule has 3 N–H and O–H groups in total. The summed E-state index contributed by atoms with van der Waals surface area (Å²) in [6.45, 7) is 9.79. The monoisotopic (exact) mass is 400 g/mol. The lowest BCUT2D eigenvalue weighted by Crippen LogP contribution is -2.23. The summed E-state index contributed by atoms with van der Waals surface area (Å²) in [7, 11) is 0. The molecule has 2 heterocycles. The number of carbonyl (C=O) groups is 1. The van der Waals surface area contributed by atoms with Gasteiger partial charge in [0.2, 0.25) is 11.7 Å². The van der Waals surface area contributed by atoms with Gasteiger partial charge in [0.15, 0.2) is 11.5 Å². The summed E-state index contributed by atoms with van der Waals surface area (Å²) in [6.07, 6.45) is 0. The lowest BCUT2D eigenvalue weighted by Gasteiger charge is -2.11. The summed E-state index contributed by atoms with van der Waals surface area (Å²) in [4.78, 5) is 16.9. The van der Waals surface area contributed by atoms with Crippen LogP contribution in [0.2, 0.25) is 0 Å². The number of phenolic OH excluding ortho intramolecular Hbond substituents is 2. The van der Waals surface area contributed by atoms with Gasteiger partial charge in [-0.05, 0) is 24.5 Å². The number of phenols is 2. The molecule has 1 aromatic carbocycles. The van der Waals surface area contributed by atoms with E-state index in [0.29, 0.717) is 18.0 Å². The van der Waals surface area contributed by atoms with Gasteiger partial charge in [0.05, 0.1) is 5.56 Å². The molecule has 9 heteroatoms. The van der Waals surface area contributed by atoms with Crippen molar-refractivity contribution in [2.24, 2.45) is 0 Å². The third-order valence-electron chi connectivity index (χ3n) is 4.42. The van der Waals surface area contributed by atoms with Gasteiger partial charge in [-0.3, -0.25) is 4.79 Å². The van der Waals surface area contributed by atoms with Crippen molar-refractivity contribution in [3.63, 3.8) is 0 Å². The molecule has 0 spiro atoms. The quantitative estimate of drug-likeness (QED) is 0.569. The second kappa shape index (κ2) is 7.94. The second-order valence-electron chi connectivity index (χ2n) is 7.29.